The highest BCUT2D eigenvalue weighted by atomic mass is 35.5. The summed E-state index contributed by atoms with van der Waals surface area (Å²) in [5.41, 5.74) is 1.26. The van der Waals surface area contributed by atoms with Crippen molar-refractivity contribution in [3.63, 3.8) is 0 Å². The summed E-state index contributed by atoms with van der Waals surface area (Å²) in [7, 11) is 0. The van der Waals surface area contributed by atoms with E-state index < -0.39 is 5.41 Å². The van der Waals surface area contributed by atoms with E-state index in [1.54, 1.807) is 12.1 Å². The lowest BCUT2D eigenvalue weighted by Gasteiger charge is -2.23. The third-order valence-corrected chi connectivity index (χ3v) is 3.72. The van der Waals surface area contributed by atoms with Crippen LogP contribution in [0.25, 0.3) is 0 Å². The Morgan fingerprint density at radius 3 is 2.37 bits per heavy atom. The van der Waals surface area contributed by atoms with Crippen LogP contribution in [-0.2, 0) is 11.8 Å². The SMILES string of the molecule is CC(C#N)(Cc1ccccc1)c1ccc(Cl)cc1Cl. The maximum atomic E-state index is 9.55. The van der Waals surface area contributed by atoms with E-state index >= 15 is 0 Å². The Kier molecular flexibility index (Phi) is 4.14. The van der Waals surface area contributed by atoms with E-state index in [2.05, 4.69) is 6.07 Å². The standard InChI is InChI=1S/C16H13Cl2N/c1-16(11-19,10-12-5-3-2-4-6-12)14-8-7-13(17)9-15(14)18/h2-9H,10H2,1H3. The molecule has 96 valence electrons. The highest BCUT2D eigenvalue weighted by Crippen LogP contribution is 2.34. The van der Waals surface area contributed by atoms with Crippen LogP contribution in [0, 0.1) is 11.3 Å². The summed E-state index contributed by atoms with van der Waals surface area (Å²) < 4.78 is 0. The minimum Gasteiger partial charge on any atom is -0.197 e. The Morgan fingerprint density at radius 2 is 1.79 bits per heavy atom. The van der Waals surface area contributed by atoms with E-state index in [0.717, 1.165) is 11.1 Å². The second-order valence-electron chi connectivity index (χ2n) is 4.73. The molecule has 2 rings (SSSR count). The molecule has 0 aliphatic carbocycles. The molecular weight excluding hydrogens is 277 g/mol. The number of nitrogens with zero attached hydrogens (tertiary/aromatic N) is 1. The first kappa shape index (κ1) is 13.9. The maximum Gasteiger partial charge on any atom is 0.0848 e. The second-order valence-corrected chi connectivity index (χ2v) is 5.57. The number of halogens is 2. The van der Waals surface area contributed by atoms with Gasteiger partial charge in [0.1, 0.15) is 0 Å². The molecule has 0 amide bonds. The Bertz CT molecular complexity index is 616. The molecule has 0 aromatic heterocycles. The van der Waals surface area contributed by atoms with Crippen LogP contribution in [0.4, 0.5) is 0 Å². The fourth-order valence-corrected chi connectivity index (χ4v) is 2.75. The van der Waals surface area contributed by atoms with Crippen molar-refractivity contribution in [2.75, 3.05) is 0 Å². The summed E-state index contributed by atoms with van der Waals surface area (Å²) in [4.78, 5) is 0. The Hall–Kier alpha value is -1.49. The molecule has 19 heavy (non-hydrogen) atoms. The van der Waals surface area contributed by atoms with Crippen molar-refractivity contribution >= 4 is 23.2 Å². The third kappa shape index (κ3) is 3.10. The van der Waals surface area contributed by atoms with E-state index in [-0.39, 0.29) is 0 Å². The first-order chi connectivity index (χ1) is 9.05. The molecule has 0 aliphatic heterocycles. The quantitative estimate of drug-likeness (QED) is 0.778. The Morgan fingerprint density at radius 1 is 1.11 bits per heavy atom. The van der Waals surface area contributed by atoms with Gasteiger partial charge in [0.2, 0.25) is 0 Å². The molecular formula is C16H13Cl2N. The van der Waals surface area contributed by atoms with Gasteiger partial charge in [0, 0.05) is 10.0 Å². The van der Waals surface area contributed by atoms with Crippen LogP contribution in [0.1, 0.15) is 18.1 Å². The molecule has 1 atom stereocenters. The summed E-state index contributed by atoms with van der Waals surface area (Å²) >= 11 is 12.1. The highest BCUT2D eigenvalue weighted by molar-refractivity contribution is 6.35. The lowest BCUT2D eigenvalue weighted by atomic mass is 9.78. The molecule has 2 aromatic carbocycles. The summed E-state index contributed by atoms with van der Waals surface area (Å²) in [5, 5.41) is 10.7. The molecule has 0 bridgehead atoms. The summed E-state index contributed by atoms with van der Waals surface area (Å²) in [6.45, 7) is 1.90. The monoisotopic (exact) mass is 289 g/mol. The molecule has 0 fully saturated rings. The van der Waals surface area contributed by atoms with Gasteiger partial charge >= 0.3 is 0 Å². The largest absolute Gasteiger partial charge is 0.197 e. The van der Waals surface area contributed by atoms with Crippen molar-refractivity contribution in [3.8, 4) is 6.07 Å². The van der Waals surface area contributed by atoms with E-state index in [1.807, 2.05) is 43.3 Å². The highest BCUT2D eigenvalue weighted by Gasteiger charge is 2.29. The maximum absolute atomic E-state index is 9.55. The first-order valence-electron chi connectivity index (χ1n) is 5.96. The van der Waals surface area contributed by atoms with Crippen LogP contribution in [0.3, 0.4) is 0 Å². The van der Waals surface area contributed by atoms with Crippen molar-refractivity contribution < 1.29 is 0 Å². The lowest BCUT2D eigenvalue weighted by Crippen LogP contribution is -2.23. The zero-order valence-corrected chi connectivity index (χ0v) is 12.0. The second kappa shape index (κ2) is 5.65. The minimum absolute atomic E-state index is 0.535. The summed E-state index contributed by atoms with van der Waals surface area (Å²) in [6.07, 6.45) is 0.617. The molecule has 3 heteroatoms. The van der Waals surface area contributed by atoms with E-state index in [4.69, 9.17) is 23.2 Å². The average Bonchev–Trinajstić information content (AvgIpc) is 2.39. The number of hydrogen-bond donors (Lipinski definition) is 0. The van der Waals surface area contributed by atoms with Crippen molar-refractivity contribution in [2.24, 2.45) is 0 Å². The van der Waals surface area contributed by atoms with Gasteiger partial charge in [-0.05, 0) is 36.6 Å². The first-order valence-corrected chi connectivity index (χ1v) is 6.71. The third-order valence-electron chi connectivity index (χ3n) is 3.17. The van der Waals surface area contributed by atoms with Gasteiger partial charge < -0.3 is 0 Å². The number of rotatable bonds is 3. The van der Waals surface area contributed by atoms with Crippen molar-refractivity contribution in [1.82, 2.24) is 0 Å². The zero-order valence-electron chi connectivity index (χ0n) is 10.5. The molecule has 0 spiro atoms. The Labute approximate surface area is 123 Å². The van der Waals surface area contributed by atoms with Gasteiger partial charge in [-0.1, -0.05) is 59.6 Å². The van der Waals surface area contributed by atoms with Gasteiger partial charge in [-0.2, -0.15) is 5.26 Å². The summed E-state index contributed by atoms with van der Waals surface area (Å²) in [6, 6.07) is 17.6. The van der Waals surface area contributed by atoms with Gasteiger partial charge in [0.15, 0.2) is 0 Å². The van der Waals surface area contributed by atoms with E-state index in [9.17, 15) is 5.26 Å². The molecule has 0 saturated heterocycles. The van der Waals surface area contributed by atoms with Gasteiger partial charge in [-0.15, -0.1) is 0 Å². The van der Waals surface area contributed by atoms with Crippen LogP contribution >= 0.6 is 23.2 Å². The van der Waals surface area contributed by atoms with Crippen LogP contribution < -0.4 is 0 Å². The van der Waals surface area contributed by atoms with Crippen molar-refractivity contribution in [1.29, 1.82) is 5.26 Å². The minimum atomic E-state index is -0.664. The van der Waals surface area contributed by atoms with Gasteiger partial charge in [0.25, 0.3) is 0 Å². The molecule has 0 heterocycles. The topological polar surface area (TPSA) is 23.8 Å². The van der Waals surface area contributed by atoms with Gasteiger partial charge in [-0.25, -0.2) is 0 Å². The van der Waals surface area contributed by atoms with Crippen LogP contribution in [-0.4, -0.2) is 0 Å². The predicted molar refractivity (Wildman–Crippen MR) is 79.6 cm³/mol. The number of benzene rings is 2. The molecule has 0 N–H and O–H groups in total. The number of nitriles is 1. The van der Waals surface area contributed by atoms with Crippen LogP contribution in [0.5, 0.6) is 0 Å². The molecule has 1 unspecified atom stereocenters. The molecule has 0 saturated carbocycles. The van der Waals surface area contributed by atoms with Crippen molar-refractivity contribution in [3.05, 3.63) is 69.7 Å². The molecule has 0 radical (unpaired) electrons. The van der Waals surface area contributed by atoms with E-state index in [1.165, 1.54) is 0 Å². The molecule has 0 aliphatic rings. The fraction of sp³-hybridized carbons (Fsp3) is 0.188. The summed E-state index contributed by atoms with van der Waals surface area (Å²) in [5.74, 6) is 0. The van der Waals surface area contributed by atoms with Gasteiger partial charge in [0.05, 0.1) is 11.5 Å². The molecule has 1 nitrogen and oxygen atoms in total. The normalized spacial score (nSPS) is 13.6. The van der Waals surface area contributed by atoms with Crippen LogP contribution in [0.2, 0.25) is 10.0 Å². The van der Waals surface area contributed by atoms with Crippen molar-refractivity contribution in [2.45, 2.75) is 18.8 Å². The average molecular weight is 290 g/mol. The lowest BCUT2D eigenvalue weighted by molar-refractivity contribution is 0.607. The zero-order chi connectivity index (χ0) is 13.9. The molecule has 2 aromatic rings. The van der Waals surface area contributed by atoms with Crippen LogP contribution in [0.15, 0.2) is 48.5 Å². The Balaban J connectivity index is 2.40. The van der Waals surface area contributed by atoms with Gasteiger partial charge in [-0.3, -0.25) is 0 Å². The number of hydrogen-bond acceptors (Lipinski definition) is 1. The smallest absolute Gasteiger partial charge is 0.0848 e. The predicted octanol–water partition coefficient (Wildman–Crippen LogP) is 5.02. The fourth-order valence-electron chi connectivity index (χ4n) is 2.14. The van der Waals surface area contributed by atoms with E-state index in [0.29, 0.717) is 16.5 Å².